The molecule has 1 atom stereocenters. The Labute approximate surface area is 112 Å². The minimum absolute atomic E-state index is 0.582. The van der Waals surface area contributed by atoms with Crippen LogP contribution < -0.4 is 5.32 Å². The summed E-state index contributed by atoms with van der Waals surface area (Å²) in [5, 5.41) is 6.54. The maximum atomic E-state index is 6.35. The number of hydrogen-bond donors (Lipinski definition) is 1. The second kappa shape index (κ2) is 5.27. The van der Waals surface area contributed by atoms with Crippen molar-refractivity contribution in [2.75, 3.05) is 26.2 Å². The van der Waals surface area contributed by atoms with Gasteiger partial charge in [0.2, 0.25) is 0 Å². The molecule has 94 valence electrons. The Kier molecular flexibility index (Phi) is 3.71. The van der Waals surface area contributed by atoms with E-state index in [1.54, 1.807) is 0 Å². The van der Waals surface area contributed by atoms with Crippen LogP contribution in [0.4, 0.5) is 0 Å². The van der Waals surface area contributed by atoms with Gasteiger partial charge in [-0.15, -0.1) is 11.3 Å². The van der Waals surface area contributed by atoms with E-state index in [4.69, 9.17) is 11.6 Å². The van der Waals surface area contributed by atoms with Crippen molar-refractivity contribution in [3.63, 3.8) is 0 Å². The van der Waals surface area contributed by atoms with Crippen molar-refractivity contribution in [3.8, 4) is 0 Å². The third kappa shape index (κ3) is 2.39. The molecular formula is C13H19ClN2S. The Morgan fingerprint density at radius 1 is 1.35 bits per heavy atom. The Balaban J connectivity index is 1.83. The quantitative estimate of drug-likeness (QED) is 0.908. The summed E-state index contributed by atoms with van der Waals surface area (Å²) in [5.74, 6) is 0.837. The molecule has 1 saturated heterocycles. The molecule has 1 N–H and O–H groups in total. The van der Waals surface area contributed by atoms with E-state index in [1.807, 2.05) is 11.3 Å². The molecule has 0 bridgehead atoms. The van der Waals surface area contributed by atoms with E-state index in [2.05, 4.69) is 21.7 Å². The first-order valence-electron chi connectivity index (χ1n) is 6.54. The number of nitrogens with zero attached hydrogens (tertiary/aromatic N) is 1. The monoisotopic (exact) mass is 270 g/mol. The van der Waals surface area contributed by atoms with Gasteiger partial charge in [0.15, 0.2) is 0 Å². The zero-order valence-corrected chi connectivity index (χ0v) is 11.6. The molecule has 0 amide bonds. The van der Waals surface area contributed by atoms with Crippen molar-refractivity contribution in [1.29, 1.82) is 0 Å². The summed E-state index contributed by atoms with van der Waals surface area (Å²) >= 11 is 8.18. The summed E-state index contributed by atoms with van der Waals surface area (Å²) in [4.78, 5) is 4.04. The summed E-state index contributed by atoms with van der Waals surface area (Å²) in [6.45, 7) is 4.56. The normalized spacial score (nSPS) is 24.5. The first kappa shape index (κ1) is 12.0. The number of halogens is 1. The van der Waals surface area contributed by atoms with Gasteiger partial charge in [-0.25, -0.2) is 0 Å². The Bertz CT molecular complexity index is 369. The van der Waals surface area contributed by atoms with Gasteiger partial charge in [0, 0.05) is 37.1 Å². The van der Waals surface area contributed by atoms with E-state index >= 15 is 0 Å². The van der Waals surface area contributed by atoms with Crippen molar-refractivity contribution in [1.82, 2.24) is 10.2 Å². The summed E-state index contributed by atoms with van der Waals surface area (Å²) in [6, 6.07) is 2.63. The summed E-state index contributed by atoms with van der Waals surface area (Å²) in [6.07, 6.45) is 4.15. The number of nitrogens with one attached hydrogen (secondary N) is 1. The smallest absolute Gasteiger partial charge is 0.0561 e. The van der Waals surface area contributed by atoms with Gasteiger partial charge in [-0.2, -0.15) is 0 Å². The lowest BCUT2D eigenvalue weighted by molar-refractivity contribution is 0.0861. The number of rotatable bonds is 3. The number of piperazine rings is 1. The molecule has 0 unspecified atom stereocenters. The molecule has 2 aliphatic rings. The molecule has 1 saturated carbocycles. The highest BCUT2D eigenvalue weighted by Gasteiger charge is 2.35. The second-order valence-corrected chi connectivity index (χ2v) is 6.41. The van der Waals surface area contributed by atoms with E-state index in [-0.39, 0.29) is 0 Å². The van der Waals surface area contributed by atoms with E-state index < -0.39 is 0 Å². The molecule has 17 heavy (non-hydrogen) atoms. The van der Waals surface area contributed by atoms with E-state index in [0.29, 0.717) is 6.04 Å². The van der Waals surface area contributed by atoms with E-state index in [9.17, 15) is 0 Å². The van der Waals surface area contributed by atoms with Crippen LogP contribution in [0.5, 0.6) is 0 Å². The van der Waals surface area contributed by atoms with Crippen LogP contribution in [0.2, 0.25) is 5.02 Å². The van der Waals surface area contributed by atoms with Gasteiger partial charge in [-0.1, -0.05) is 18.0 Å². The highest BCUT2D eigenvalue weighted by Crippen LogP contribution is 2.45. The standard InChI is InChI=1S/C13H19ClN2S/c14-11-4-9-17-13(11)12(10-2-1-3-10)16-7-5-15-6-8-16/h4,9-10,12,15H,1-3,5-8H2/t12-/m0/s1. The molecular weight excluding hydrogens is 252 g/mol. The van der Waals surface area contributed by atoms with Gasteiger partial charge in [0.05, 0.1) is 5.02 Å². The van der Waals surface area contributed by atoms with E-state index in [1.165, 1.54) is 24.1 Å². The molecule has 1 aromatic heterocycles. The first-order valence-corrected chi connectivity index (χ1v) is 7.79. The van der Waals surface area contributed by atoms with Crippen molar-refractivity contribution in [2.45, 2.75) is 25.3 Å². The van der Waals surface area contributed by atoms with Crippen LogP contribution in [0.1, 0.15) is 30.2 Å². The predicted molar refractivity (Wildman–Crippen MR) is 73.9 cm³/mol. The van der Waals surface area contributed by atoms with Crippen LogP contribution in [0, 0.1) is 5.92 Å². The van der Waals surface area contributed by atoms with Gasteiger partial charge in [0.25, 0.3) is 0 Å². The molecule has 0 radical (unpaired) electrons. The fraction of sp³-hybridized carbons (Fsp3) is 0.692. The third-order valence-electron chi connectivity index (χ3n) is 4.05. The summed E-state index contributed by atoms with van der Waals surface area (Å²) in [5.41, 5.74) is 0. The topological polar surface area (TPSA) is 15.3 Å². The van der Waals surface area contributed by atoms with Gasteiger partial charge >= 0.3 is 0 Å². The van der Waals surface area contributed by atoms with Crippen LogP contribution >= 0.6 is 22.9 Å². The summed E-state index contributed by atoms with van der Waals surface area (Å²) < 4.78 is 0. The Morgan fingerprint density at radius 3 is 2.65 bits per heavy atom. The average molecular weight is 271 g/mol. The zero-order chi connectivity index (χ0) is 11.7. The van der Waals surface area contributed by atoms with Crippen molar-refractivity contribution < 1.29 is 0 Å². The van der Waals surface area contributed by atoms with Crippen LogP contribution in [0.15, 0.2) is 11.4 Å². The fourth-order valence-corrected chi connectivity index (χ4v) is 4.31. The second-order valence-electron chi connectivity index (χ2n) is 5.05. The molecule has 2 fully saturated rings. The Hall–Kier alpha value is -0.0900. The summed E-state index contributed by atoms with van der Waals surface area (Å²) in [7, 11) is 0. The van der Waals surface area contributed by atoms with Gasteiger partial charge in [-0.3, -0.25) is 4.90 Å². The fourth-order valence-electron chi connectivity index (χ4n) is 2.91. The van der Waals surface area contributed by atoms with Crippen molar-refractivity contribution in [3.05, 3.63) is 21.3 Å². The number of thiophene rings is 1. The highest BCUT2D eigenvalue weighted by atomic mass is 35.5. The maximum absolute atomic E-state index is 6.35. The van der Waals surface area contributed by atoms with E-state index in [0.717, 1.165) is 37.1 Å². The Morgan fingerprint density at radius 2 is 2.12 bits per heavy atom. The SMILES string of the molecule is Clc1ccsc1[C@H](C1CCC1)N1CCNCC1. The lowest BCUT2D eigenvalue weighted by atomic mass is 9.78. The minimum atomic E-state index is 0.582. The highest BCUT2D eigenvalue weighted by molar-refractivity contribution is 7.10. The molecule has 0 spiro atoms. The van der Waals surface area contributed by atoms with Gasteiger partial charge in [-0.05, 0) is 30.2 Å². The molecule has 1 aromatic rings. The van der Waals surface area contributed by atoms with Crippen LogP contribution in [0.3, 0.4) is 0 Å². The van der Waals surface area contributed by atoms with Crippen LogP contribution in [0.25, 0.3) is 0 Å². The minimum Gasteiger partial charge on any atom is -0.314 e. The number of hydrogen-bond acceptors (Lipinski definition) is 3. The predicted octanol–water partition coefficient (Wildman–Crippen LogP) is 3.15. The van der Waals surface area contributed by atoms with Crippen molar-refractivity contribution in [2.24, 2.45) is 5.92 Å². The molecule has 0 aromatic carbocycles. The van der Waals surface area contributed by atoms with Crippen LogP contribution in [-0.2, 0) is 0 Å². The maximum Gasteiger partial charge on any atom is 0.0561 e. The molecule has 1 aliphatic carbocycles. The molecule has 4 heteroatoms. The lowest BCUT2D eigenvalue weighted by Crippen LogP contribution is -2.47. The molecule has 1 aliphatic heterocycles. The van der Waals surface area contributed by atoms with Gasteiger partial charge < -0.3 is 5.32 Å². The van der Waals surface area contributed by atoms with Gasteiger partial charge in [0.1, 0.15) is 0 Å². The molecule has 3 rings (SSSR count). The largest absolute Gasteiger partial charge is 0.314 e. The van der Waals surface area contributed by atoms with Crippen LogP contribution in [-0.4, -0.2) is 31.1 Å². The van der Waals surface area contributed by atoms with Crippen molar-refractivity contribution >= 4 is 22.9 Å². The lowest BCUT2D eigenvalue weighted by Gasteiger charge is -2.42. The first-order chi connectivity index (χ1) is 8.36. The average Bonchev–Trinajstić information content (AvgIpc) is 2.71. The molecule has 2 heterocycles. The molecule has 2 nitrogen and oxygen atoms in total. The third-order valence-corrected chi connectivity index (χ3v) is 5.48. The zero-order valence-electron chi connectivity index (χ0n) is 9.99.